The second-order valence-electron chi connectivity index (χ2n) is 4.65. The van der Waals surface area contributed by atoms with Gasteiger partial charge in [-0.2, -0.15) is 0 Å². The topological polar surface area (TPSA) is 125 Å². The Morgan fingerprint density at radius 2 is 1.72 bits per heavy atom. The fraction of sp³-hybridized carbons (Fsp3) is 0. The largest absolute Gasteiger partial charge is 0.411 e. The van der Waals surface area contributed by atoms with Crippen molar-refractivity contribution in [1.29, 1.82) is 0 Å². The molecule has 0 saturated heterocycles. The van der Waals surface area contributed by atoms with Gasteiger partial charge in [-0.25, -0.2) is 0 Å². The number of aromatic nitrogens is 2. The molecule has 0 radical (unpaired) electrons. The number of nitro groups is 2. The molecule has 126 valence electrons. The number of nitro benzene ring substituents is 2. The lowest BCUT2D eigenvalue weighted by atomic mass is 10.2. The highest BCUT2D eigenvalue weighted by molar-refractivity contribution is 7.99. The van der Waals surface area contributed by atoms with E-state index in [1.807, 2.05) is 0 Å². The van der Waals surface area contributed by atoms with Crippen LogP contribution >= 0.6 is 23.4 Å². The van der Waals surface area contributed by atoms with Gasteiger partial charge in [-0.1, -0.05) is 11.6 Å². The highest BCUT2D eigenvalue weighted by Crippen LogP contribution is 2.37. The highest BCUT2D eigenvalue weighted by atomic mass is 35.5. The van der Waals surface area contributed by atoms with Gasteiger partial charge in [0.1, 0.15) is 0 Å². The van der Waals surface area contributed by atoms with E-state index in [-0.39, 0.29) is 21.7 Å². The van der Waals surface area contributed by atoms with E-state index < -0.39 is 15.5 Å². The monoisotopic (exact) mass is 378 g/mol. The molecule has 0 fully saturated rings. The first kappa shape index (κ1) is 16.9. The van der Waals surface area contributed by atoms with Gasteiger partial charge in [-0.3, -0.25) is 20.2 Å². The second kappa shape index (κ2) is 6.87. The third-order valence-electron chi connectivity index (χ3n) is 3.04. The van der Waals surface area contributed by atoms with Gasteiger partial charge in [-0.05, 0) is 42.1 Å². The molecule has 3 aromatic rings. The predicted octanol–water partition coefficient (Wildman–Crippen LogP) is 4.36. The number of hydrogen-bond acceptors (Lipinski definition) is 8. The molecule has 0 unspecified atom stereocenters. The van der Waals surface area contributed by atoms with Crippen molar-refractivity contribution in [2.45, 2.75) is 10.1 Å². The zero-order valence-electron chi connectivity index (χ0n) is 12.2. The summed E-state index contributed by atoms with van der Waals surface area (Å²) in [6, 6.07) is 10.0. The van der Waals surface area contributed by atoms with Crippen LogP contribution in [0.5, 0.6) is 0 Å². The van der Waals surface area contributed by atoms with Crippen molar-refractivity contribution in [1.82, 2.24) is 10.2 Å². The van der Waals surface area contributed by atoms with E-state index in [4.69, 9.17) is 16.0 Å². The van der Waals surface area contributed by atoms with Crippen LogP contribution in [0, 0.1) is 20.2 Å². The minimum Gasteiger partial charge on any atom is -0.411 e. The lowest BCUT2D eigenvalue weighted by Gasteiger charge is -1.99. The predicted molar refractivity (Wildman–Crippen MR) is 88.6 cm³/mol. The maximum atomic E-state index is 11.1. The van der Waals surface area contributed by atoms with Gasteiger partial charge in [0.2, 0.25) is 5.89 Å². The Balaban J connectivity index is 1.89. The van der Waals surface area contributed by atoms with Crippen LogP contribution in [-0.4, -0.2) is 20.0 Å². The van der Waals surface area contributed by atoms with Crippen molar-refractivity contribution in [3.63, 3.8) is 0 Å². The molecule has 0 N–H and O–H groups in total. The maximum Gasteiger partial charge on any atom is 0.290 e. The minimum atomic E-state index is -0.703. The molecular weight excluding hydrogens is 372 g/mol. The van der Waals surface area contributed by atoms with Gasteiger partial charge < -0.3 is 4.42 Å². The van der Waals surface area contributed by atoms with Crippen LogP contribution in [-0.2, 0) is 0 Å². The van der Waals surface area contributed by atoms with Crippen LogP contribution in [0.1, 0.15) is 0 Å². The van der Waals surface area contributed by atoms with Gasteiger partial charge >= 0.3 is 0 Å². The van der Waals surface area contributed by atoms with Gasteiger partial charge in [-0.15, -0.1) is 10.2 Å². The Hall–Kier alpha value is -2.98. The second-order valence-corrected chi connectivity index (χ2v) is 6.08. The van der Waals surface area contributed by atoms with E-state index in [0.29, 0.717) is 10.6 Å². The van der Waals surface area contributed by atoms with Crippen molar-refractivity contribution in [2.24, 2.45) is 0 Å². The molecule has 0 amide bonds. The minimum absolute atomic E-state index is 0.0712. The molecule has 0 aliphatic heterocycles. The number of halogens is 1. The highest BCUT2D eigenvalue weighted by Gasteiger charge is 2.22. The maximum absolute atomic E-state index is 11.1. The summed E-state index contributed by atoms with van der Waals surface area (Å²) in [5.41, 5.74) is -0.143. The number of rotatable bonds is 5. The summed E-state index contributed by atoms with van der Waals surface area (Å²) in [6.45, 7) is 0. The zero-order valence-corrected chi connectivity index (χ0v) is 13.7. The first-order chi connectivity index (χ1) is 11.9. The van der Waals surface area contributed by atoms with E-state index in [0.717, 1.165) is 17.8 Å². The lowest BCUT2D eigenvalue weighted by molar-refractivity contribution is -0.396. The number of hydrogen-bond donors (Lipinski definition) is 0. The quantitative estimate of drug-likeness (QED) is 0.473. The van der Waals surface area contributed by atoms with Crippen LogP contribution in [0.25, 0.3) is 11.5 Å². The molecule has 0 bridgehead atoms. The van der Waals surface area contributed by atoms with Gasteiger partial charge in [0.25, 0.3) is 16.6 Å². The van der Waals surface area contributed by atoms with Crippen LogP contribution in [0.2, 0.25) is 5.02 Å². The van der Waals surface area contributed by atoms with Crippen molar-refractivity contribution in [3.05, 3.63) is 67.7 Å². The fourth-order valence-corrected chi connectivity index (χ4v) is 2.79. The standard InChI is InChI=1S/C14H7ClN4O5S/c15-9-3-1-8(2-4-9)13-16-17-14(24-13)25-12-6-5-10(18(20)21)7-11(12)19(22)23/h1-7H. The summed E-state index contributed by atoms with van der Waals surface area (Å²) in [5, 5.41) is 30.2. The van der Waals surface area contributed by atoms with Crippen molar-refractivity contribution >= 4 is 34.7 Å². The molecule has 1 heterocycles. The molecule has 0 aliphatic carbocycles. The van der Waals surface area contributed by atoms with E-state index in [1.54, 1.807) is 24.3 Å². The Morgan fingerprint density at radius 3 is 2.36 bits per heavy atom. The van der Waals surface area contributed by atoms with Gasteiger partial charge in [0.05, 0.1) is 20.8 Å². The molecule has 9 nitrogen and oxygen atoms in total. The molecule has 11 heteroatoms. The smallest absolute Gasteiger partial charge is 0.290 e. The Morgan fingerprint density at radius 1 is 1.00 bits per heavy atom. The molecule has 25 heavy (non-hydrogen) atoms. The SMILES string of the molecule is O=[N+]([O-])c1ccc(Sc2nnc(-c3ccc(Cl)cc3)o2)c([N+](=O)[O-])c1. The first-order valence-corrected chi connectivity index (χ1v) is 7.83. The fourth-order valence-electron chi connectivity index (χ4n) is 1.90. The summed E-state index contributed by atoms with van der Waals surface area (Å²) in [4.78, 5) is 20.6. The normalized spacial score (nSPS) is 10.6. The average molecular weight is 379 g/mol. The van der Waals surface area contributed by atoms with Crippen LogP contribution in [0.15, 0.2) is 57.0 Å². The van der Waals surface area contributed by atoms with Crippen molar-refractivity contribution < 1.29 is 14.3 Å². The first-order valence-electron chi connectivity index (χ1n) is 6.64. The molecule has 2 aromatic carbocycles. The van der Waals surface area contributed by atoms with Crippen LogP contribution in [0.4, 0.5) is 11.4 Å². The van der Waals surface area contributed by atoms with Crippen LogP contribution in [0.3, 0.4) is 0 Å². The third kappa shape index (κ3) is 3.75. The molecule has 1 aromatic heterocycles. The molecule has 0 atom stereocenters. The van der Waals surface area contributed by atoms with Gasteiger partial charge in [0.15, 0.2) is 0 Å². The molecular formula is C14H7ClN4O5S. The molecule has 0 aliphatic rings. The van der Waals surface area contributed by atoms with Crippen molar-refractivity contribution in [2.75, 3.05) is 0 Å². The van der Waals surface area contributed by atoms with Gasteiger partial charge in [0, 0.05) is 16.7 Å². The summed E-state index contributed by atoms with van der Waals surface area (Å²) >= 11 is 6.66. The number of benzene rings is 2. The zero-order chi connectivity index (χ0) is 18.0. The summed E-state index contributed by atoms with van der Waals surface area (Å²) in [5.74, 6) is 0.226. The number of nitrogens with zero attached hydrogens (tertiary/aromatic N) is 4. The summed E-state index contributed by atoms with van der Waals surface area (Å²) in [6.07, 6.45) is 0. The van der Waals surface area contributed by atoms with Crippen molar-refractivity contribution in [3.8, 4) is 11.5 Å². The molecule has 3 rings (SSSR count). The Bertz CT molecular complexity index is 960. The number of non-ortho nitro benzene ring substituents is 1. The van der Waals surface area contributed by atoms with E-state index in [1.165, 1.54) is 12.1 Å². The Labute approximate surface area is 148 Å². The Kier molecular flexibility index (Phi) is 4.63. The summed E-state index contributed by atoms with van der Waals surface area (Å²) in [7, 11) is 0. The lowest BCUT2D eigenvalue weighted by Crippen LogP contribution is -1.94. The van der Waals surface area contributed by atoms with E-state index in [9.17, 15) is 20.2 Å². The van der Waals surface area contributed by atoms with E-state index >= 15 is 0 Å². The van der Waals surface area contributed by atoms with Crippen LogP contribution < -0.4 is 0 Å². The molecule has 0 saturated carbocycles. The third-order valence-corrected chi connectivity index (χ3v) is 4.20. The average Bonchev–Trinajstić information content (AvgIpc) is 3.04. The summed E-state index contributed by atoms with van der Waals surface area (Å²) < 4.78 is 5.47. The molecule has 0 spiro atoms. The van der Waals surface area contributed by atoms with E-state index in [2.05, 4.69) is 10.2 Å².